The first-order valence-electron chi connectivity index (χ1n) is 9.75. The number of ether oxygens (including phenoxy) is 1. The molecule has 0 atom stereocenters. The second-order valence-electron chi connectivity index (χ2n) is 8.21. The molecule has 0 radical (unpaired) electrons. The van der Waals surface area contributed by atoms with Crippen LogP contribution < -0.4 is 15.4 Å². The van der Waals surface area contributed by atoms with E-state index >= 15 is 0 Å². The summed E-state index contributed by atoms with van der Waals surface area (Å²) in [4.78, 5) is 12.3. The van der Waals surface area contributed by atoms with Gasteiger partial charge in [0.1, 0.15) is 11.4 Å². The summed E-state index contributed by atoms with van der Waals surface area (Å²) >= 11 is 0. The van der Waals surface area contributed by atoms with Gasteiger partial charge in [-0.2, -0.15) is 0 Å². The fraction of sp³-hybridized carbons (Fsp3) is 0.435. The highest BCUT2D eigenvalue weighted by Gasteiger charge is 2.42. The predicted molar refractivity (Wildman–Crippen MR) is 112 cm³/mol. The van der Waals surface area contributed by atoms with E-state index in [9.17, 15) is 4.79 Å². The van der Waals surface area contributed by atoms with Crippen LogP contribution in [0.15, 0.2) is 42.5 Å². The first-order chi connectivity index (χ1) is 12.8. The van der Waals surface area contributed by atoms with Gasteiger partial charge in [-0.3, -0.25) is 0 Å². The van der Waals surface area contributed by atoms with E-state index in [4.69, 9.17) is 4.74 Å². The van der Waals surface area contributed by atoms with Crippen molar-refractivity contribution in [2.45, 2.75) is 64.9 Å². The zero-order chi connectivity index (χ0) is 19.7. The van der Waals surface area contributed by atoms with Crippen molar-refractivity contribution < 1.29 is 9.53 Å². The molecule has 1 aliphatic heterocycles. The SMILES string of the molecule is CCC1(CC)CC(C)(C)c2cc(NC(=O)Nc3ccc(C)cc3)ccc2O1. The van der Waals surface area contributed by atoms with Crippen LogP contribution in [0.25, 0.3) is 0 Å². The molecule has 0 spiro atoms. The molecule has 2 aromatic carbocycles. The van der Waals surface area contributed by atoms with E-state index in [0.29, 0.717) is 0 Å². The number of fused-ring (bicyclic) bond motifs is 1. The molecule has 3 rings (SSSR count). The van der Waals surface area contributed by atoms with Crippen LogP contribution >= 0.6 is 0 Å². The molecular formula is C23H30N2O2. The minimum Gasteiger partial charge on any atom is -0.487 e. The van der Waals surface area contributed by atoms with Crippen LogP contribution in [0.2, 0.25) is 0 Å². The number of anilines is 2. The largest absolute Gasteiger partial charge is 0.487 e. The van der Waals surface area contributed by atoms with E-state index in [-0.39, 0.29) is 17.0 Å². The first kappa shape index (κ1) is 19.3. The molecule has 4 nitrogen and oxygen atoms in total. The van der Waals surface area contributed by atoms with Crippen molar-refractivity contribution in [3.63, 3.8) is 0 Å². The molecule has 144 valence electrons. The Morgan fingerprint density at radius 3 is 2.22 bits per heavy atom. The summed E-state index contributed by atoms with van der Waals surface area (Å²) in [6.45, 7) is 10.9. The zero-order valence-corrected chi connectivity index (χ0v) is 17.0. The quantitative estimate of drug-likeness (QED) is 0.671. The summed E-state index contributed by atoms with van der Waals surface area (Å²) in [6, 6.07) is 13.4. The Balaban J connectivity index is 1.78. The van der Waals surface area contributed by atoms with Gasteiger partial charge in [-0.05, 0) is 61.9 Å². The molecule has 2 aromatic rings. The van der Waals surface area contributed by atoms with Gasteiger partial charge < -0.3 is 15.4 Å². The van der Waals surface area contributed by atoms with Crippen LogP contribution in [-0.4, -0.2) is 11.6 Å². The summed E-state index contributed by atoms with van der Waals surface area (Å²) in [5.74, 6) is 0.930. The Morgan fingerprint density at radius 2 is 1.59 bits per heavy atom. The lowest BCUT2D eigenvalue weighted by Gasteiger charge is -2.45. The lowest BCUT2D eigenvalue weighted by molar-refractivity contribution is 0.0118. The highest BCUT2D eigenvalue weighted by Crippen LogP contribution is 2.47. The number of hydrogen-bond acceptors (Lipinski definition) is 2. The van der Waals surface area contributed by atoms with Crippen LogP contribution in [0.3, 0.4) is 0 Å². The van der Waals surface area contributed by atoms with E-state index in [2.05, 4.69) is 38.3 Å². The van der Waals surface area contributed by atoms with Gasteiger partial charge in [-0.1, -0.05) is 45.4 Å². The maximum atomic E-state index is 12.3. The molecule has 0 saturated heterocycles. The fourth-order valence-corrected chi connectivity index (χ4v) is 3.97. The Kier molecular flexibility index (Phi) is 5.18. The Hall–Kier alpha value is -2.49. The molecule has 27 heavy (non-hydrogen) atoms. The van der Waals surface area contributed by atoms with Gasteiger partial charge in [0.05, 0.1) is 0 Å². The first-order valence-corrected chi connectivity index (χ1v) is 9.75. The third kappa shape index (κ3) is 4.10. The van der Waals surface area contributed by atoms with E-state index in [0.717, 1.165) is 47.5 Å². The monoisotopic (exact) mass is 366 g/mol. The van der Waals surface area contributed by atoms with Gasteiger partial charge in [-0.25, -0.2) is 4.79 Å². The van der Waals surface area contributed by atoms with Crippen LogP contribution in [0.4, 0.5) is 16.2 Å². The normalized spacial score (nSPS) is 16.8. The van der Waals surface area contributed by atoms with Crippen LogP contribution in [0, 0.1) is 6.92 Å². The van der Waals surface area contributed by atoms with E-state index in [1.165, 1.54) is 0 Å². The molecule has 0 aliphatic carbocycles. The van der Waals surface area contributed by atoms with Crippen molar-refractivity contribution >= 4 is 17.4 Å². The van der Waals surface area contributed by atoms with Gasteiger partial charge in [-0.15, -0.1) is 0 Å². The summed E-state index contributed by atoms with van der Waals surface area (Å²) in [7, 11) is 0. The molecule has 2 amide bonds. The van der Waals surface area contributed by atoms with Crippen LogP contribution in [-0.2, 0) is 5.41 Å². The Bertz CT molecular complexity index is 821. The van der Waals surface area contributed by atoms with Gasteiger partial charge >= 0.3 is 6.03 Å². The maximum absolute atomic E-state index is 12.3. The minimum absolute atomic E-state index is 0.00920. The Morgan fingerprint density at radius 1 is 1.00 bits per heavy atom. The highest BCUT2D eigenvalue weighted by molar-refractivity contribution is 5.99. The average Bonchev–Trinajstić information content (AvgIpc) is 2.63. The smallest absolute Gasteiger partial charge is 0.323 e. The van der Waals surface area contributed by atoms with Gasteiger partial charge in [0.2, 0.25) is 0 Å². The van der Waals surface area contributed by atoms with Crippen molar-refractivity contribution in [1.29, 1.82) is 0 Å². The maximum Gasteiger partial charge on any atom is 0.323 e. The molecule has 0 saturated carbocycles. The van der Waals surface area contributed by atoms with Crippen molar-refractivity contribution in [2.24, 2.45) is 0 Å². The molecule has 0 unspecified atom stereocenters. The fourth-order valence-electron chi connectivity index (χ4n) is 3.97. The van der Waals surface area contributed by atoms with E-state index in [1.54, 1.807) is 0 Å². The summed E-state index contributed by atoms with van der Waals surface area (Å²) in [5.41, 5.74) is 3.74. The minimum atomic E-state index is -0.246. The molecule has 2 N–H and O–H groups in total. The molecule has 1 heterocycles. The average molecular weight is 367 g/mol. The predicted octanol–water partition coefficient (Wildman–Crippen LogP) is 6.26. The molecule has 0 aromatic heterocycles. The number of amides is 2. The van der Waals surface area contributed by atoms with E-state index in [1.807, 2.05) is 49.4 Å². The van der Waals surface area contributed by atoms with Crippen molar-refractivity contribution in [3.05, 3.63) is 53.6 Å². The third-order valence-electron chi connectivity index (χ3n) is 5.66. The van der Waals surface area contributed by atoms with Gasteiger partial charge in [0.25, 0.3) is 0 Å². The second kappa shape index (κ2) is 7.26. The third-order valence-corrected chi connectivity index (χ3v) is 5.66. The summed E-state index contributed by atoms with van der Waals surface area (Å²) in [5, 5.41) is 5.80. The van der Waals surface area contributed by atoms with Gasteiger partial charge in [0.15, 0.2) is 0 Å². The number of hydrogen-bond donors (Lipinski definition) is 2. The number of carbonyl (C=O) groups is 1. The van der Waals surface area contributed by atoms with Crippen molar-refractivity contribution in [1.82, 2.24) is 0 Å². The van der Waals surface area contributed by atoms with Gasteiger partial charge in [0, 0.05) is 16.9 Å². The molecular weight excluding hydrogens is 336 g/mol. The number of carbonyl (C=O) groups excluding carboxylic acids is 1. The summed E-state index contributed by atoms with van der Waals surface area (Å²) in [6.07, 6.45) is 2.95. The van der Waals surface area contributed by atoms with Crippen molar-refractivity contribution in [2.75, 3.05) is 10.6 Å². The molecule has 0 fully saturated rings. The number of nitrogens with one attached hydrogen (secondary N) is 2. The Labute approximate surface area is 162 Å². The van der Waals surface area contributed by atoms with Crippen LogP contribution in [0.5, 0.6) is 5.75 Å². The molecule has 0 bridgehead atoms. The highest BCUT2D eigenvalue weighted by atomic mass is 16.5. The number of rotatable bonds is 4. The lowest BCUT2D eigenvalue weighted by atomic mass is 9.71. The second-order valence-corrected chi connectivity index (χ2v) is 8.21. The molecule has 4 heteroatoms. The number of benzene rings is 2. The van der Waals surface area contributed by atoms with E-state index < -0.39 is 0 Å². The summed E-state index contributed by atoms with van der Waals surface area (Å²) < 4.78 is 6.39. The number of urea groups is 1. The van der Waals surface area contributed by atoms with Crippen LogP contribution in [0.1, 0.15) is 58.1 Å². The molecule has 1 aliphatic rings. The number of aryl methyl sites for hydroxylation is 1. The van der Waals surface area contributed by atoms with Crippen molar-refractivity contribution in [3.8, 4) is 5.75 Å². The zero-order valence-electron chi connectivity index (χ0n) is 17.0. The lowest BCUT2D eigenvalue weighted by Crippen LogP contribution is -2.45. The topological polar surface area (TPSA) is 50.4 Å². The standard InChI is InChI=1S/C23H30N2O2/c1-6-23(7-2)15-22(4,5)19-14-18(12-13-20(19)27-23)25-21(26)24-17-10-8-16(3)9-11-17/h8-14H,6-7,15H2,1-5H3,(H2,24,25,26).